The van der Waals surface area contributed by atoms with E-state index in [4.69, 9.17) is 4.74 Å². The van der Waals surface area contributed by atoms with Gasteiger partial charge in [-0.05, 0) is 36.1 Å². The summed E-state index contributed by atoms with van der Waals surface area (Å²) >= 11 is 0. The number of aryl methyl sites for hydroxylation is 1. The zero-order valence-electron chi connectivity index (χ0n) is 18.0. The van der Waals surface area contributed by atoms with Crippen LogP contribution in [0.25, 0.3) is 0 Å². The molecule has 0 radical (unpaired) electrons. The molecule has 2 aromatic carbocycles. The van der Waals surface area contributed by atoms with E-state index in [1.807, 2.05) is 24.3 Å². The van der Waals surface area contributed by atoms with Crippen molar-refractivity contribution in [3.63, 3.8) is 0 Å². The van der Waals surface area contributed by atoms with Crippen LogP contribution in [0.4, 0.5) is 10.1 Å². The smallest absolute Gasteiger partial charge is 0.146 e. The van der Waals surface area contributed by atoms with Gasteiger partial charge < -0.3 is 19.6 Å². The van der Waals surface area contributed by atoms with E-state index >= 15 is 0 Å². The second-order valence-electron chi connectivity index (χ2n) is 9.11. The second kappa shape index (κ2) is 9.14. The van der Waals surface area contributed by atoms with E-state index in [1.165, 1.54) is 16.5 Å². The van der Waals surface area contributed by atoms with Gasteiger partial charge in [0.1, 0.15) is 30.8 Å². The molecular weight excluding hydrogens is 367 g/mol. The number of piperazine rings is 1. The van der Waals surface area contributed by atoms with E-state index < -0.39 is 6.10 Å². The first-order valence-electron chi connectivity index (χ1n) is 10.5. The second-order valence-corrected chi connectivity index (χ2v) is 9.11. The van der Waals surface area contributed by atoms with Crippen LogP contribution in [-0.2, 0) is 5.41 Å². The van der Waals surface area contributed by atoms with Gasteiger partial charge in [0.15, 0.2) is 0 Å². The zero-order chi connectivity index (χ0) is 21.0. The number of ether oxygens (including phenoxy) is 1. The lowest BCUT2D eigenvalue weighted by molar-refractivity contribution is -0.903. The molecule has 1 fully saturated rings. The summed E-state index contributed by atoms with van der Waals surface area (Å²) in [6.45, 7) is 12.9. The van der Waals surface area contributed by atoms with Crippen molar-refractivity contribution >= 4 is 5.69 Å². The molecule has 0 spiro atoms. The number of hydrogen-bond donors (Lipinski definition) is 2. The summed E-state index contributed by atoms with van der Waals surface area (Å²) in [6.07, 6.45) is -0.529. The van der Waals surface area contributed by atoms with Gasteiger partial charge in [-0.25, -0.2) is 4.39 Å². The van der Waals surface area contributed by atoms with Gasteiger partial charge in [0.25, 0.3) is 0 Å². The number of benzene rings is 2. The number of aliphatic hydroxyl groups excluding tert-OH is 1. The number of rotatable bonds is 6. The largest absolute Gasteiger partial charge is 0.490 e. The van der Waals surface area contributed by atoms with Gasteiger partial charge in [0, 0.05) is 0 Å². The Kier molecular flexibility index (Phi) is 6.81. The highest BCUT2D eigenvalue weighted by Gasteiger charge is 2.25. The maximum atomic E-state index is 14.0. The number of nitrogens with zero attached hydrogens (tertiary/aromatic N) is 1. The van der Waals surface area contributed by atoms with Crippen molar-refractivity contribution in [3.8, 4) is 5.75 Å². The lowest BCUT2D eigenvalue weighted by Gasteiger charge is -2.34. The van der Waals surface area contributed by atoms with Gasteiger partial charge in [-0.15, -0.1) is 0 Å². The molecule has 158 valence electrons. The van der Waals surface area contributed by atoms with Crippen molar-refractivity contribution in [1.29, 1.82) is 0 Å². The van der Waals surface area contributed by atoms with E-state index in [1.54, 1.807) is 6.07 Å². The van der Waals surface area contributed by atoms with Gasteiger partial charge in [0.05, 0.1) is 31.9 Å². The number of quaternary nitrogens is 1. The van der Waals surface area contributed by atoms with Crippen LogP contribution < -0.4 is 14.5 Å². The molecule has 0 saturated carbocycles. The monoisotopic (exact) mass is 401 g/mol. The predicted octanol–water partition coefficient (Wildman–Crippen LogP) is 2.58. The molecule has 2 aromatic rings. The van der Waals surface area contributed by atoms with Crippen LogP contribution in [0.15, 0.2) is 42.5 Å². The maximum absolute atomic E-state index is 14.0. The first-order chi connectivity index (χ1) is 13.7. The SMILES string of the molecule is Cc1ccc(OCC(O)C[NH+]2CCN(c3ccccc3F)CC2)c(C(C)(C)C)c1. The number of para-hydroxylation sites is 1. The molecule has 1 atom stereocenters. The van der Waals surface area contributed by atoms with E-state index in [0.29, 0.717) is 12.2 Å². The Labute approximate surface area is 173 Å². The first kappa shape index (κ1) is 21.6. The molecule has 5 heteroatoms. The summed E-state index contributed by atoms with van der Waals surface area (Å²) in [6, 6.07) is 13.1. The van der Waals surface area contributed by atoms with Gasteiger partial charge in [0.2, 0.25) is 0 Å². The van der Waals surface area contributed by atoms with Crippen LogP contribution in [0.2, 0.25) is 0 Å². The third-order valence-corrected chi connectivity index (χ3v) is 5.56. The lowest BCUT2D eigenvalue weighted by Crippen LogP contribution is -3.16. The van der Waals surface area contributed by atoms with Crippen LogP contribution in [0.5, 0.6) is 5.75 Å². The molecule has 0 bridgehead atoms. The molecule has 0 aromatic heterocycles. The van der Waals surface area contributed by atoms with E-state index in [-0.39, 0.29) is 17.8 Å². The Morgan fingerprint density at radius 1 is 1.14 bits per heavy atom. The summed E-state index contributed by atoms with van der Waals surface area (Å²) in [5.74, 6) is 0.679. The van der Waals surface area contributed by atoms with Crippen LogP contribution in [0.1, 0.15) is 31.9 Å². The van der Waals surface area contributed by atoms with Crippen molar-refractivity contribution in [3.05, 3.63) is 59.4 Å². The third-order valence-electron chi connectivity index (χ3n) is 5.56. The fraction of sp³-hybridized carbons (Fsp3) is 0.500. The molecule has 0 amide bonds. The summed E-state index contributed by atoms with van der Waals surface area (Å²) in [7, 11) is 0. The fourth-order valence-corrected chi connectivity index (χ4v) is 3.91. The highest BCUT2D eigenvalue weighted by Crippen LogP contribution is 2.32. The Balaban J connectivity index is 1.50. The Bertz CT molecular complexity index is 811. The Morgan fingerprint density at radius 2 is 1.83 bits per heavy atom. The summed E-state index contributed by atoms with van der Waals surface area (Å²) in [4.78, 5) is 3.41. The van der Waals surface area contributed by atoms with Crippen molar-refractivity contribution in [2.45, 2.75) is 39.2 Å². The van der Waals surface area contributed by atoms with Crippen molar-refractivity contribution in [2.24, 2.45) is 0 Å². The number of halogens is 1. The third kappa shape index (κ3) is 5.71. The average Bonchev–Trinajstić information content (AvgIpc) is 2.67. The highest BCUT2D eigenvalue weighted by atomic mass is 19.1. The summed E-state index contributed by atoms with van der Waals surface area (Å²) in [5, 5.41) is 10.5. The normalized spacial score (nSPS) is 16.7. The van der Waals surface area contributed by atoms with E-state index in [0.717, 1.165) is 37.5 Å². The molecule has 3 rings (SSSR count). The van der Waals surface area contributed by atoms with Crippen LogP contribution in [0.3, 0.4) is 0 Å². The zero-order valence-corrected chi connectivity index (χ0v) is 18.0. The molecular formula is C24H34FN2O2+. The molecule has 4 nitrogen and oxygen atoms in total. The number of nitrogens with one attached hydrogen (secondary N) is 1. The first-order valence-corrected chi connectivity index (χ1v) is 10.5. The molecule has 1 heterocycles. The van der Waals surface area contributed by atoms with Gasteiger partial charge in [-0.1, -0.05) is 50.6 Å². The summed E-state index contributed by atoms with van der Waals surface area (Å²) < 4.78 is 20.0. The van der Waals surface area contributed by atoms with E-state index in [2.05, 4.69) is 38.7 Å². The van der Waals surface area contributed by atoms with Gasteiger partial charge in [-0.2, -0.15) is 0 Å². The molecule has 2 N–H and O–H groups in total. The van der Waals surface area contributed by atoms with Crippen molar-refractivity contribution < 1.29 is 19.1 Å². The van der Waals surface area contributed by atoms with Crippen molar-refractivity contribution in [2.75, 3.05) is 44.2 Å². The molecule has 1 saturated heterocycles. The standard InChI is InChI=1S/C24H33FN2O2/c1-18-9-10-23(20(15-18)24(2,3)4)29-17-19(28)16-26-11-13-27(14-12-26)22-8-6-5-7-21(22)25/h5-10,15,19,28H,11-14,16-17H2,1-4H3/p+1. The van der Waals surface area contributed by atoms with Crippen molar-refractivity contribution in [1.82, 2.24) is 0 Å². The Hall–Kier alpha value is -2.11. The minimum absolute atomic E-state index is 0.0133. The highest BCUT2D eigenvalue weighted by molar-refractivity contribution is 5.47. The number of hydrogen-bond acceptors (Lipinski definition) is 3. The Morgan fingerprint density at radius 3 is 2.48 bits per heavy atom. The maximum Gasteiger partial charge on any atom is 0.146 e. The molecule has 1 aliphatic heterocycles. The lowest BCUT2D eigenvalue weighted by atomic mass is 9.85. The van der Waals surface area contributed by atoms with Crippen LogP contribution >= 0.6 is 0 Å². The van der Waals surface area contributed by atoms with E-state index in [9.17, 15) is 9.50 Å². The topological polar surface area (TPSA) is 37.1 Å². The van der Waals surface area contributed by atoms with Gasteiger partial charge in [-0.3, -0.25) is 0 Å². The number of aliphatic hydroxyl groups is 1. The van der Waals surface area contributed by atoms with Crippen LogP contribution in [0, 0.1) is 12.7 Å². The molecule has 29 heavy (non-hydrogen) atoms. The minimum atomic E-state index is -0.529. The predicted molar refractivity (Wildman–Crippen MR) is 116 cm³/mol. The average molecular weight is 402 g/mol. The number of anilines is 1. The van der Waals surface area contributed by atoms with Gasteiger partial charge >= 0.3 is 0 Å². The molecule has 1 aliphatic rings. The fourth-order valence-electron chi connectivity index (χ4n) is 3.91. The molecule has 0 aliphatic carbocycles. The van der Waals surface area contributed by atoms with Crippen LogP contribution in [-0.4, -0.2) is 50.5 Å². The summed E-state index contributed by atoms with van der Waals surface area (Å²) in [5.41, 5.74) is 3.03. The quantitative estimate of drug-likeness (QED) is 0.781. The molecule has 1 unspecified atom stereocenters. The minimum Gasteiger partial charge on any atom is -0.490 e.